The fourth-order valence-corrected chi connectivity index (χ4v) is 14.5. The number of nitrogens with one attached hydrogen (secondary N) is 2. The first-order valence-electron chi connectivity index (χ1n) is 31.6. The highest BCUT2D eigenvalue weighted by atomic mass is 19.2. The number of amides is 6. The van der Waals surface area contributed by atoms with E-state index < -0.39 is 89.2 Å². The number of nitrogens with zero attached hydrogens (tertiary/aromatic N) is 4. The van der Waals surface area contributed by atoms with E-state index in [-0.39, 0.29) is 137 Å². The quantitative estimate of drug-likeness (QED) is 0.0524. The number of carbonyl (C=O) groups excluding carboxylic acids is 6. The van der Waals surface area contributed by atoms with E-state index in [1.165, 1.54) is 11.8 Å². The normalized spacial score (nSPS) is 25.7. The fraction of sp³-hybridized carbons (Fsp3) is 0.631. The van der Waals surface area contributed by atoms with Crippen molar-refractivity contribution < 1.29 is 73.4 Å². The Hall–Kier alpha value is -6.31. The molecule has 3 unspecified atom stereocenters. The maximum Gasteiger partial charge on any atom is 0.248 e. The van der Waals surface area contributed by atoms with Gasteiger partial charge in [-0.2, -0.15) is 0 Å². The van der Waals surface area contributed by atoms with Gasteiger partial charge in [0.2, 0.25) is 35.4 Å². The molecule has 6 saturated heterocycles. The molecule has 25 heteroatoms. The molecule has 6 amide bonds. The molecular weight excluding hydrogens is 1190 g/mol. The molecule has 16 nitrogen and oxygen atoms in total. The predicted molar refractivity (Wildman–Crippen MR) is 315 cm³/mol. The van der Waals surface area contributed by atoms with Crippen LogP contribution >= 0.6 is 0 Å². The van der Waals surface area contributed by atoms with Gasteiger partial charge in [0.05, 0.1) is 6.61 Å². The third kappa shape index (κ3) is 16.7. The fourth-order valence-electron chi connectivity index (χ4n) is 14.5. The minimum Gasteiger partial charge on any atom is -0.394 e. The molecule has 496 valence electrons. The molecular formula is C65H86F9N9O7. The van der Waals surface area contributed by atoms with Crippen LogP contribution in [0.4, 0.5) is 39.5 Å². The van der Waals surface area contributed by atoms with Crippen molar-refractivity contribution in [3.8, 4) is 0 Å². The zero-order valence-electron chi connectivity index (χ0n) is 51.7. The van der Waals surface area contributed by atoms with Crippen molar-refractivity contribution in [3.05, 3.63) is 105 Å². The first kappa shape index (κ1) is 69.6. The van der Waals surface area contributed by atoms with Crippen LogP contribution in [-0.4, -0.2) is 147 Å². The van der Waals surface area contributed by atoms with E-state index in [1.54, 1.807) is 32.7 Å². The van der Waals surface area contributed by atoms with Crippen LogP contribution in [0.25, 0.3) is 0 Å². The van der Waals surface area contributed by atoms with Gasteiger partial charge in [0.1, 0.15) is 29.5 Å². The van der Waals surface area contributed by atoms with Crippen LogP contribution in [0.2, 0.25) is 0 Å². The van der Waals surface area contributed by atoms with Gasteiger partial charge >= 0.3 is 0 Å². The number of fused-ring (bicyclic) bond motifs is 6. The van der Waals surface area contributed by atoms with Gasteiger partial charge in [-0.1, -0.05) is 13.8 Å². The summed E-state index contributed by atoms with van der Waals surface area (Å²) in [6, 6.07) is 1.56. The summed E-state index contributed by atoms with van der Waals surface area (Å²) in [4.78, 5) is 81.1. The number of hydrogen-bond donors (Lipinski definition) is 6. The second kappa shape index (κ2) is 30.0. The van der Waals surface area contributed by atoms with Gasteiger partial charge in [-0.05, 0) is 169 Å². The molecule has 7 fully saturated rings. The molecule has 1 saturated carbocycles. The van der Waals surface area contributed by atoms with Crippen molar-refractivity contribution in [1.82, 2.24) is 30.2 Å². The predicted octanol–water partition coefficient (Wildman–Crippen LogP) is 7.15. The Morgan fingerprint density at radius 1 is 0.511 bits per heavy atom. The van der Waals surface area contributed by atoms with E-state index in [0.29, 0.717) is 56.8 Å². The summed E-state index contributed by atoms with van der Waals surface area (Å²) in [5.74, 6) is -10.2. The highest BCUT2D eigenvalue weighted by Gasteiger charge is 2.49. The van der Waals surface area contributed by atoms with Gasteiger partial charge in [-0.3, -0.25) is 28.8 Å². The second-order valence-corrected chi connectivity index (χ2v) is 26.4. The first-order chi connectivity index (χ1) is 42.5. The van der Waals surface area contributed by atoms with Gasteiger partial charge in [0.25, 0.3) is 0 Å². The molecule has 10 rings (SSSR count). The van der Waals surface area contributed by atoms with Gasteiger partial charge in [-0.25, -0.2) is 39.5 Å². The Balaban J connectivity index is 0.000000174. The Labute approximate surface area is 519 Å². The zero-order chi connectivity index (χ0) is 65.7. The number of nitrogens with two attached hydrogens (primary N) is 3. The Morgan fingerprint density at radius 3 is 1.17 bits per heavy atom. The molecule has 6 aliphatic heterocycles. The summed E-state index contributed by atoms with van der Waals surface area (Å²) in [6.45, 7) is 6.66. The second-order valence-electron chi connectivity index (χ2n) is 26.4. The van der Waals surface area contributed by atoms with Gasteiger partial charge in [-0.15, -0.1) is 0 Å². The molecule has 90 heavy (non-hydrogen) atoms. The third-order valence-corrected chi connectivity index (χ3v) is 19.8. The van der Waals surface area contributed by atoms with Crippen molar-refractivity contribution >= 4 is 35.4 Å². The average molecular weight is 1280 g/mol. The maximum atomic E-state index is 14.0. The summed E-state index contributed by atoms with van der Waals surface area (Å²) in [5.41, 5.74) is 19.1. The maximum absolute atomic E-state index is 14.0. The number of rotatable bonds is 19. The van der Waals surface area contributed by atoms with Crippen LogP contribution in [0.15, 0.2) is 36.4 Å². The van der Waals surface area contributed by atoms with E-state index in [4.69, 9.17) is 17.2 Å². The largest absolute Gasteiger partial charge is 0.394 e. The number of hydrogen-bond acceptors (Lipinski definition) is 10. The Kier molecular flexibility index (Phi) is 23.2. The van der Waals surface area contributed by atoms with Crippen LogP contribution in [0.5, 0.6) is 0 Å². The summed E-state index contributed by atoms with van der Waals surface area (Å²) < 4.78 is 122. The number of aliphatic hydroxyl groups is 1. The molecule has 9 N–H and O–H groups in total. The molecule has 0 spiro atoms. The van der Waals surface area contributed by atoms with Crippen LogP contribution in [-0.2, 0) is 48.0 Å². The molecule has 3 aromatic carbocycles. The third-order valence-electron chi connectivity index (χ3n) is 19.8. The number of halogens is 9. The lowest BCUT2D eigenvalue weighted by Gasteiger charge is -2.42. The smallest absolute Gasteiger partial charge is 0.248 e. The van der Waals surface area contributed by atoms with Gasteiger partial charge < -0.3 is 52.5 Å². The molecule has 7 aliphatic rings. The summed E-state index contributed by atoms with van der Waals surface area (Å²) in [5, 5.41) is 15.1. The molecule has 6 heterocycles. The SMILES string of the molecule is CC(=O)N(C)CCC(=O)N1[C@@H]2CC[C@H]1CC([C@H](N)Cc1cc(F)c(F)cc1F)C2.CC(C)C(=O)N[C@@H](C)C(=O)N1[C@@H]2CC[C@H]1CC([C@H](N)Cc1cc(F)c(F)cc1F)C2.N[C@H](Cc1cc(F)c(F)cc1F)C1C[C@H]2CC[C@@H](C1)N2C(=O)[C@H](CO)NC(=O)C1CC1. The number of aliphatic hydroxyl groups excluding tert-OH is 1. The molecule has 1 aliphatic carbocycles. The zero-order valence-corrected chi connectivity index (χ0v) is 51.7. The monoisotopic (exact) mass is 1280 g/mol. The van der Waals surface area contributed by atoms with Crippen molar-refractivity contribution in [2.45, 2.75) is 210 Å². The van der Waals surface area contributed by atoms with Crippen LogP contribution in [0, 0.1) is 81.9 Å². The van der Waals surface area contributed by atoms with Crippen LogP contribution in [0.3, 0.4) is 0 Å². The minimum atomic E-state index is -1.23. The molecule has 0 aromatic heterocycles. The molecule has 6 bridgehead atoms. The average Bonchev–Trinajstić information content (AvgIpc) is 1.95. The number of benzene rings is 3. The lowest BCUT2D eigenvalue weighted by Crippen LogP contribution is -2.57. The van der Waals surface area contributed by atoms with E-state index in [1.807, 2.05) is 9.80 Å². The standard InChI is InChI=1S/C22H28F3N3O3.C22H30F3N3O2.C21H28F3N3O2/c23-16-9-18(25)17(24)7-12(16)8-19(26)13-5-14-3-4-15(6-13)28(14)22(31)20(10-29)27-21(30)11-1-2-11;1-11(2)21(29)27-12(3)22(30)28-15-4-5-16(28)7-14(6-15)20(26)9-13-8-18(24)19(25)10-17(13)23;1-12(28)26(2)6-5-21(29)27-15-3-4-16(27)8-14(7-15)20(25)10-13-9-18(23)19(24)11-17(13)22/h7,9,11,13-15,19-20,29H,1-6,8,10,26H2,(H,27,30);8,10-12,14-16,20H,4-7,9,26H2,1-3H3,(H,27,29);9,11,14-16,20H,3-8,10,25H2,1-2H3/t13?,14-,15+,19-,20+;12-,14?,15-,16+,20+;14?,15-,16+,20-/m101/s1. The van der Waals surface area contributed by atoms with Crippen molar-refractivity contribution in [2.24, 2.45) is 46.8 Å². The van der Waals surface area contributed by atoms with Crippen molar-refractivity contribution in [1.29, 1.82) is 0 Å². The van der Waals surface area contributed by atoms with E-state index in [2.05, 4.69) is 10.6 Å². The van der Waals surface area contributed by atoms with E-state index in [9.17, 15) is 73.4 Å². The summed E-state index contributed by atoms with van der Waals surface area (Å²) >= 11 is 0. The molecule has 14 atom stereocenters. The van der Waals surface area contributed by atoms with E-state index >= 15 is 0 Å². The lowest BCUT2D eigenvalue weighted by molar-refractivity contribution is -0.142. The van der Waals surface area contributed by atoms with E-state index in [0.717, 1.165) is 82.4 Å². The van der Waals surface area contributed by atoms with Crippen LogP contribution < -0.4 is 27.8 Å². The van der Waals surface area contributed by atoms with Crippen LogP contribution in [0.1, 0.15) is 141 Å². The number of carbonyl (C=O) groups is 6. The molecule has 0 radical (unpaired) electrons. The minimum absolute atomic E-state index is 0.00250. The topological polar surface area (TPSA) is 238 Å². The summed E-state index contributed by atoms with van der Waals surface area (Å²) in [6.07, 6.45) is 11.4. The highest BCUT2D eigenvalue weighted by molar-refractivity contribution is 5.90. The Morgan fingerprint density at radius 2 is 0.844 bits per heavy atom. The molecule has 3 aromatic rings. The van der Waals surface area contributed by atoms with Crippen molar-refractivity contribution in [3.63, 3.8) is 0 Å². The van der Waals surface area contributed by atoms with Crippen molar-refractivity contribution in [2.75, 3.05) is 20.2 Å². The number of piperidine rings is 3. The highest BCUT2D eigenvalue weighted by Crippen LogP contribution is 2.44. The first-order valence-corrected chi connectivity index (χ1v) is 31.6. The summed E-state index contributed by atoms with van der Waals surface area (Å²) in [7, 11) is 1.67. The van der Waals surface area contributed by atoms with Gasteiger partial charge in [0.15, 0.2) is 34.9 Å². The Bertz CT molecular complexity index is 3070. The van der Waals surface area contributed by atoms with Gasteiger partial charge in [0, 0.05) is 111 Å². The lowest BCUT2D eigenvalue weighted by atomic mass is 9.82.